The van der Waals surface area contributed by atoms with E-state index in [1.165, 1.54) is 13.2 Å². The molecule has 1 N–H and O–H groups in total. The fourth-order valence-electron chi connectivity index (χ4n) is 1.12. The fourth-order valence-corrected chi connectivity index (χ4v) is 1.21. The number of rotatable bonds is 4. The molecule has 0 aliphatic rings. The van der Waals surface area contributed by atoms with Crippen molar-refractivity contribution in [2.24, 2.45) is 0 Å². The Morgan fingerprint density at radius 3 is 2.79 bits per heavy atom. The number of hydrogen-bond donors (Lipinski definition) is 1. The summed E-state index contributed by atoms with van der Waals surface area (Å²) in [6.45, 7) is 0. The Morgan fingerprint density at radius 2 is 2.29 bits per heavy atom. The molecular formula is C10H11ClO3. The number of ketones is 1. The van der Waals surface area contributed by atoms with Gasteiger partial charge in [0, 0.05) is 6.42 Å². The van der Waals surface area contributed by atoms with Crippen LogP contribution < -0.4 is 4.74 Å². The van der Waals surface area contributed by atoms with E-state index in [1.807, 2.05) is 0 Å². The van der Waals surface area contributed by atoms with Crippen LogP contribution in [-0.4, -0.2) is 23.9 Å². The van der Waals surface area contributed by atoms with Gasteiger partial charge in [-0.3, -0.25) is 4.79 Å². The largest absolute Gasteiger partial charge is 0.504 e. The molecule has 0 atom stereocenters. The quantitative estimate of drug-likeness (QED) is 0.777. The van der Waals surface area contributed by atoms with E-state index in [2.05, 4.69) is 0 Å². The summed E-state index contributed by atoms with van der Waals surface area (Å²) in [5, 5.41) is 9.41. The van der Waals surface area contributed by atoms with Gasteiger partial charge in [-0.15, -0.1) is 11.6 Å². The van der Waals surface area contributed by atoms with E-state index in [0.717, 1.165) is 5.56 Å². The highest BCUT2D eigenvalue weighted by atomic mass is 35.5. The number of hydrogen-bond acceptors (Lipinski definition) is 3. The van der Waals surface area contributed by atoms with Crippen molar-refractivity contribution in [1.29, 1.82) is 0 Å². The lowest BCUT2D eigenvalue weighted by atomic mass is 10.1. The molecule has 0 radical (unpaired) electrons. The predicted octanol–water partition coefficient (Wildman–Crippen LogP) is 1.75. The molecule has 0 spiro atoms. The Balaban J connectivity index is 2.81. The van der Waals surface area contributed by atoms with E-state index >= 15 is 0 Å². The molecule has 0 aliphatic carbocycles. The third-order valence-electron chi connectivity index (χ3n) is 1.79. The second-order valence-corrected chi connectivity index (χ2v) is 3.12. The Labute approximate surface area is 87.3 Å². The molecule has 3 nitrogen and oxygen atoms in total. The molecule has 0 amide bonds. The number of phenols is 1. The van der Waals surface area contributed by atoms with E-state index in [0.29, 0.717) is 5.75 Å². The van der Waals surface area contributed by atoms with Gasteiger partial charge in [0.15, 0.2) is 17.3 Å². The van der Waals surface area contributed by atoms with Gasteiger partial charge in [0.25, 0.3) is 0 Å². The first kappa shape index (κ1) is 10.9. The molecule has 0 unspecified atom stereocenters. The molecule has 0 aliphatic heterocycles. The first-order valence-electron chi connectivity index (χ1n) is 4.11. The number of Topliss-reactive ketones (excluding diaryl/α,β-unsaturated/α-hetero) is 1. The van der Waals surface area contributed by atoms with E-state index in [1.54, 1.807) is 12.1 Å². The standard InChI is InChI=1S/C10H11ClO3/c1-14-10-3-2-7(5-9(10)13)4-8(12)6-11/h2-3,5,13H,4,6H2,1H3. The molecule has 0 saturated heterocycles. The van der Waals surface area contributed by atoms with Crippen molar-refractivity contribution < 1.29 is 14.6 Å². The molecule has 1 aromatic rings. The molecule has 0 saturated carbocycles. The van der Waals surface area contributed by atoms with Crippen molar-refractivity contribution in [2.75, 3.05) is 13.0 Å². The summed E-state index contributed by atoms with van der Waals surface area (Å²) < 4.78 is 4.87. The fraction of sp³-hybridized carbons (Fsp3) is 0.300. The zero-order valence-corrected chi connectivity index (χ0v) is 8.54. The van der Waals surface area contributed by atoms with Crippen LogP contribution in [0.1, 0.15) is 5.56 Å². The van der Waals surface area contributed by atoms with Gasteiger partial charge in [-0.2, -0.15) is 0 Å². The second-order valence-electron chi connectivity index (χ2n) is 2.86. The van der Waals surface area contributed by atoms with Crippen LogP contribution in [0, 0.1) is 0 Å². The average Bonchev–Trinajstić information content (AvgIpc) is 2.18. The zero-order chi connectivity index (χ0) is 10.6. The minimum Gasteiger partial charge on any atom is -0.504 e. The average molecular weight is 215 g/mol. The van der Waals surface area contributed by atoms with E-state index < -0.39 is 0 Å². The summed E-state index contributed by atoms with van der Waals surface area (Å²) in [5.74, 6) is 0.350. The van der Waals surface area contributed by atoms with Crippen LogP contribution in [0.25, 0.3) is 0 Å². The Bertz CT molecular complexity index is 336. The predicted molar refractivity (Wildman–Crippen MR) is 54.1 cm³/mol. The van der Waals surface area contributed by atoms with Crippen LogP contribution in [0.2, 0.25) is 0 Å². The van der Waals surface area contributed by atoms with Crippen molar-refractivity contribution in [1.82, 2.24) is 0 Å². The number of phenolic OH excluding ortho intramolecular Hbond substituents is 1. The van der Waals surface area contributed by atoms with Gasteiger partial charge >= 0.3 is 0 Å². The van der Waals surface area contributed by atoms with Crippen LogP contribution in [0.3, 0.4) is 0 Å². The van der Waals surface area contributed by atoms with Gasteiger partial charge in [0.1, 0.15) is 0 Å². The van der Waals surface area contributed by atoms with Crippen molar-refractivity contribution >= 4 is 17.4 Å². The maximum Gasteiger partial charge on any atom is 0.160 e. The summed E-state index contributed by atoms with van der Waals surface area (Å²) in [7, 11) is 1.47. The number of ether oxygens (including phenoxy) is 1. The lowest BCUT2D eigenvalue weighted by Crippen LogP contribution is -2.03. The summed E-state index contributed by atoms with van der Waals surface area (Å²) in [5.41, 5.74) is 0.731. The van der Waals surface area contributed by atoms with Gasteiger partial charge in [0.05, 0.1) is 13.0 Å². The van der Waals surface area contributed by atoms with Crippen LogP contribution in [0.5, 0.6) is 11.5 Å². The highest BCUT2D eigenvalue weighted by molar-refractivity contribution is 6.27. The normalized spacial score (nSPS) is 9.86. The Morgan fingerprint density at radius 1 is 1.57 bits per heavy atom. The third-order valence-corrected chi connectivity index (χ3v) is 2.09. The van der Waals surface area contributed by atoms with Crippen LogP contribution in [0.15, 0.2) is 18.2 Å². The Hall–Kier alpha value is -1.22. The molecule has 1 aromatic carbocycles. The maximum absolute atomic E-state index is 11.0. The second kappa shape index (κ2) is 4.86. The number of benzene rings is 1. The monoisotopic (exact) mass is 214 g/mol. The molecular weight excluding hydrogens is 204 g/mol. The van der Waals surface area contributed by atoms with E-state index in [9.17, 15) is 9.90 Å². The molecule has 4 heteroatoms. The minimum atomic E-state index is -0.0729. The Kier molecular flexibility index (Phi) is 3.77. The van der Waals surface area contributed by atoms with Gasteiger partial charge < -0.3 is 9.84 Å². The highest BCUT2D eigenvalue weighted by Gasteiger charge is 2.05. The first-order valence-corrected chi connectivity index (χ1v) is 4.64. The highest BCUT2D eigenvalue weighted by Crippen LogP contribution is 2.26. The SMILES string of the molecule is COc1ccc(CC(=O)CCl)cc1O. The zero-order valence-electron chi connectivity index (χ0n) is 7.79. The molecule has 0 aromatic heterocycles. The van der Waals surface area contributed by atoms with Crippen LogP contribution >= 0.6 is 11.6 Å². The van der Waals surface area contributed by atoms with Gasteiger partial charge in [-0.25, -0.2) is 0 Å². The molecule has 0 fully saturated rings. The first-order chi connectivity index (χ1) is 6.67. The lowest BCUT2D eigenvalue weighted by molar-refractivity contribution is -0.116. The van der Waals surface area contributed by atoms with Gasteiger partial charge in [-0.1, -0.05) is 6.07 Å². The number of carbonyl (C=O) groups is 1. The summed E-state index contributed by atoms with van der Waals surface area (Å²) in [4.78, 5) is 11.0. The van der Waals surface area contributed by atoms with Crippen LogP contribution in [0.4, 0.5) is 0 Å². The molecule has 14 heavy (non-hydrogen) atoms. The van der Waals surface area contributed by atoms with E-state index in [-0.39, 0.29) is 23.8 Å². The molecule has 76 valence electrons. The van der Waals surface area contributed by atoms with Crippen molar-refractivity contribution in [3.05, 3.63) is 23.8 Å². The number of halogens is 1. The molecule has 0 heterocycles. The van der Waals surface area contributed by atoms with Gasteiger partial charge in [-0.05, 0) is 17.7 Å². The van der Waals surface area contributed by atoms with Crippen molar-refractivity contribution in [2.45, 2.75) is 6.42 Å². The minimum absolute atomic E-state index is 0.00715. The number of alkyl halides is 1. The summed E-state index contributed by atoms with van der Waals surface area (Å²) in [6, 6.07) is 4.85. The number of aromatic hydroxyl groups is 1. The van der Waals surface area contributed by atoms with Gasteiger partial charge in [0.2, 0.25) is 0 Å². The molecule has 1 rings (SSSR count). The smallest absolute Gasteiger partial charge is 0.160 e. The molecule has 0 bridgehead atoms. The van der Waals surface area contributed by atoms with Crippen molar-refractivity contribution in [3.63, 3.8) is 0 Å². The number of carbonyl (C=O) groups excluding carboxylic acids is 1. The van der Waals surface area contributed by atoms with Crippen LogP contribution in [-0.2, 0) is 11.2 Å². The maximum atomic E-state index is 11.0. The number of methoxy groups -OCH3 is 1. The van der Waals surface area contributed by atoms with E-state index in [4.69, 9.17) is 16.3 Å². The lowest BCUT2D eigenvalue weighted by Gasteiger charge is -2.04. The summed E-state index contributed by atoms with van der Waals surface area (Å²) in [6.07, 6.45) is 0.237. The summed E-state index contributed by atoms with van der Waals surface area (Å²) >= 11 is 5.36. The van der Waals surface area contributed by atoms with Crippen molar-refractivity contribution in [3.8, 4) is 11.5 Å². The third kappa shape index (κ3) is 2.64. The topological polar surface area (TPSA) is 46.5 Å².